The Balaban J connectivity index is 1.18. The van der Waals surface area contributed by atoms with E-state index < -0.39 is 0 Å². The Morgan fingerprint density at radius 1 is 1.04 bits per heavy atom. The van der Waals surface area contributed by atoms with Crippen molar-refractivity contribution in [1.82, 2.24) is 9.96 Å². The normalized spacial score (nSPS) is 43.2. The van der Waals surface area contributed by atoms with E-state index in [1.165, 1.54) is 5.06 Å². The zero-order valence-corrected chi connectivity index (χ0v) is 13.8. The predicted octanol–water partition coefficient (Wildman–Crippen LogP) is -0.0938. The minimum absolute atomic E-state index is 0.0559. The highest BCUT2D eigenvalue weighted by atomic mass is 16.7. The molecule has 5 rings (SSSR count). The number of hydrogen-bond acceptors (Lipinski definition) is 5. The van der Waals surface area contributed by atoms with Gasteiger partial charge in [-0.1, -0.05) is 0 Å². The van der Waals surface area contributed by atoms with Crippen LogP contribution in [0.5, 0.6) is 0 Å². The van der Waals surface area contributed by atoms with Gasteiger partial charge in [0.15, 0.2) is 0 Å². The van der Waals surface area contributed by atoms with Crippen LogP contribution in [0.15, 0.2) is 0 Å². The molecule has 5 aliphatic rings. The second kappa shape index (κ2) is 5.68. The molecule has 0 bridgehead atoms. The van der Waals surface area contributed by atoms with Crippen LogP contribution in [0.25, 0.3) is 0 Å². The first-order valence-corrected chi connectivity index (χ1v) is 9.14. The Bertz CT molecular complexity index is 539. The highest BCUT2D eigenvalue weighted by molar-refractivity contribution is 5.83. The third-order valence-corrected chi connectivity index (χ3v) is 6.46. The van der Waals surface area contributed by atoms with Crippen LogP contribution in [0.1, 0.15) is 12.8 Å². The van der Waals surface area contributed by atoms with Gasteiger partial charge < -0.3 is 14.4 Å². The SMILES string of the molecule is O=C(C1[C@H]2COC[C@@H]12)N1C[C@@H]2[C@H](CC(=O)N3CCCO3)CO[C@@H]2C1. The number of carbonyl (C=O) groups is 2. The lowest BCUT2D eigenvalue weighted by Gasteiger charge is -2.22. The van der Waals surface area contributed by atoms with E-state index in [1.54, 1.807) is 0 Å². The molecule has 1 saturated carbocycles. The van der Waals surface area contributed by atoms with Crippen molar-refractivity contribution in [2.75, 3.05) is 46.1 Å². The van der Waals surface area contributed by atoms with Gasteiger partial charge >= 0.3 is 0 Å². The van der Waals surface area contributed by atoms with Crippen LogP contribution in [0.3, 0.4) is 0 Å². The summed E-state index contributed by atoms with van der Waals surface area (Å²) in [6.45, 7) is 4.85. The fraction of sp³-hybridized carbons (Fsp3) is 0.882. The zero-order valence-electron chi connectivity index (χ0n) is 13.8. The first-order valence-electron chi connectivity index (χ1n) is 9.14. The monoisotopic (exact) mass is 336 g/mol. The number of amides is 2. The van der Waals surface area contributed by atoms with Crippen molar-refractivity contribution in [1.29, 1.82) is 0 Å². The van der Waals surface area contributed by atoms with Crippen molar-refractivity contribution >= 4 is 11.8 Å². The first kappa shape index (κ1) is 15.1. The molecule has 0 radical (unpaired) electrons. The quantitative estimate of drug-likeness (QED) is 0.720. The number of fused-ring (bicyclic) bond motifs is 2. The molecule has 0 N–H and O–H groups in total. The minimum atomic E-state index is 0.0559. The van der Waals surface area contributed by atoms with Gasteiger partial charge in [0.25, 0.3) is 0 Å². The lowest BCUT2D eigenvalue weighted by Crippen LogP contribution is -2.35. The molecule has 0 spiro atoms. The summed E-state index contributed by atoms with van der Waals surface area (Å²) in [7, 11) is 0. The summed E-state index contributed by atoms with van der Waals surface area (Å²) >= 11 is 0. The Morgan fingerprint density at radius 3 is 2.62 bits per heavy atom. The lowest BCUT2D eigenvalue weighted by molar-refractivity contribution is -0.170. The molecule has 0 aromatic rings. The van der Waals surface area contributed by atoms with Gasteiger partial charge in [0.05, 0.1) is 39.1 Å². The summed E-state index contributed by atoms with van der Waals surface area (Å²) < 4.78 is 11.3. The van der Waals surface area contributed by atoms with Gasteiger partial charge in [-0.2, -0.15) is 0 Å². The summed E-state index contributed by atoms with van der Waals surface area (Å²) in [6.07, 6.45) is 1.47. The third-order valence-electron chi connectivity index (χ3n) is 6.46. The van der Waals surface area contributed by atoms with Crippen LogP contribution in [-0.2, 0) is 23.9 Å². The van der Waals surface area contributed by atoms with E-state index in [-0.39, 0.29) is 35.7 Å². The van der Waals surface area contributed by atoms with Crippen LogP contribution in [0.4, 0.5) is 0 Å². The number of hydroxylamine groups is 2. The molecular weight excluding hydrogens is 312 g/mol. The van der Waals surface area contributed by atoms with E-state index in [0.717, 1.165) is 26.2 Å². The Labute approximate surface area is 141 Å². The molecule has 4 saturated heterocycles. The molecule has 0 aromatic carbocycles. The third kappa shape index (κ3) is 2.36. The van der Waals surface area contributed by atoms with E-state index in [0.29, 0.717) is 44.6 Å². The number of likely N-dealkylation sites (tertiary alicyclic amines) is 1. The van der Waals surface area contributed by atoms with Crippen molar-refractivity contribution in [3.63, 3.8) is 0 Å². The molecule has 1 unspecified atom stereocenters. The van der Waals surface area contributed by atoms with E-state index in [1.807, 2.05) is 4.90 Å². The topological polar surface area (TPSA) is 68.3 Å². The maximum absolute atomic E-state index is 12.7. The second-order valence-electron chi connectivity index (χ2n) is 7.82. The van der Waals surface area contributed by atoms with Gasteiger partial charge in [-0.15, -0.1) is 0 Å². The zero-order chi connectivity index (χ0) is 16.3. The minimum Gasteiger partial charge on any atom is -0.381 e. The van der Waals surface area contributed by atoms with E-state index >= 15 is 0 Å². The number of nitrogens with zero attached hydrogens (tertiary/aromatic N) is 2. The van der Waals surface area contributed by atoms with E-state index in [4.69, 9.17) is 14.3 Å². The van der Waals surface area contributed by atoms with Crippen molar-refractivity contribution in [3.8, 4) is 0 Å². The molecule has 4 aliphatic heterocycles. The number of hydrogen-bond donors (Lipinski definition) is 0. The fourth-order valence-corrected chi connectivity index (χ4v) is 4.98. The number of carbonyl (C=O) groups excluding carboxylic acids is 2. The van der Waals surface area contributed by atoms with E-state index in [9.17, 15) is 9.59 Å². The molecule has 24 heavy (non-hydrogen) atoms. The van der Waals surface area contributed by atoms with Crippen LogP contribution in [0.2, 0.25) is 0 Å². The maximum Gasteiger partial charge on any atom is 0.246 e. The molecule has 4 heterocycles. The van der Waals surface area contributed by atoms with Crippen LogP contribution in [-0.4, -0.2) is 73.9 Å². The molecule has 6 atom stereocenters. The average Bonchev–Trinajstić information content (AvgIpc) is 3.16. The predicted molar refractivity (Wildman–Crippen MR) is 81.5 cm³/mol. The summed E-state index contributed by atoms with van der Waals surface area (Å²) in [4.78, 5) is 32.3. The number of rotatable bonds is 3. The van der Waals surface area contributed by atoms with Gasteiger partial charge in [-0.3, -0.25) is 14.4 Å². The highest BCUT2D eigenvalue weighted by Gasteiger charge is 2.60. The van der Waals surface area contributed by atoms with Crippen molar-refractivity contribution in [2.24, 2.45) is 29.6 Å². The van der Waals surface area contributed by atoms with Crippen LogP contribution in [0, 0.1) is 29.6 Å². The standard InChI is InChI=1S/C17H24N2O5/c20-15(19-2-1-3-24-19)4-10-7-23-14-6-18(5-11(10)14)17(21)16-12-8-22-9-13(12)16/h10-14,16H,1-9H2/t10-,11-,12-,13+,14-,16?/m1/s1. The highest BCUT2D eigenvalue weighted by Crippen LogP contribution is 2.52. The van der Waals surface area contributed by atoms with Crippen molar-refractivity contribution in [2.45, 2.75) is 18.9 Å². The van der Waals surface area contributed by atoms with Crippen LogP contribution >= 0.6 is 0 Å². The maximum atomic E-state index is 12.7. The van der Waals surface area contributed by atoms with Gasteiger partial charge in [-0.05, 0) is 24.2 Å². The number of ether oxygens (including phenoxy) is 2. The largest absolute Gasteiger partial charge is 0.381 e. The molecule has 7 heteroatoms. The van der Waals surface area contributed by atoms with Crippen molar-refractivity contribution in [3.05, 3.63) is 0 Å². The van der Waals surface area contributed by atoms with Gasteiger partial charge in [-0.25, -0.2) is 5.06 Å². The summed E-state index contributed by atoms with van der Waals surface area (Å²) in [6, 6.07) is 0. The van der Waals surface area contributed by atoms with Crippen molar-refractivity contribution < 1.29 is 23.9 Å². The van der Waals surface area contributed by atoms with Gasteiger partial charge in [0.1, 0.15) is 0 Å². The first-order chi connectivity index (χ1) is 11.7. The molecule has 2 amide bonds. The summed E-state index contributed by atoms with van der Waals surface area (Å²) in [5, 5.41) is 1.50. The summed E-state index contributed by atoms with van der Waals surface area (Å²) in [5.41, 5.74) is 0. The van der Waals surface area contributed by atoms with Gasteiger partial charge in [0.2, 0.25) is 11.8 Å². The molecule has 0 aromatic heterocycles. The second-order valence-corrected chi connectivity index (χ2v) is 7.82. The molecule has 7 nitrogen and oxygen atoms in total. The Morgan fingerprint density at radius 2 is 1.88 bits per heavy atom. The molecule has 132 valence electrons. The lowest BCUT2D eigenvalue weighted by atomic mass is 9.90. The Kier molecular flexibility index (Phi) is 3.57. The summed E-state index contributed by atoms with van der Waals surface area (Å²) in [5.74, 6) is 1.89. The molecule has 1 aliphatic carbocycles. The fourth-order valence-electron chi connectivity index (χ4n) is 4.98. The smallest absolute Gasteiger partial charge is 0.246 e. The van der Waals surface area contributed by atoms with E-state index in [2.05, 4.69) is 0 Å². The molecular formula is C17H24N2O5. The van der Waals surface area contributed by atoms with Crippen LogP contribution < -0.4 is 0 Å². The average molecular weight is 336 g/mol. The van der Waals surface area contributed by atoms with Gasteiger partial charge in [0, 0.05) is 31.3 Å². The molecule has 5 fully saturated rings. The Hall–Kier alpha value is -1.18.